The Labute approximate surface area is 171 Å². The van der Waals surface area contributed by atoms with Crippen molar-refractivity contribution in [3.63, 3.8) is 0 Å². The second-order valence-electron chi connectivity index (χ2n) is 5.56. The number of urea groups is 1. The molecule has 7 nitrogen and oxygen atoms in total. The van der Waals surface area contributed by atoms with Gasteiger partial charge in [-0.1, -0.05) is 47.5 Å². The molecule has 0 heterocycles. The average molecular weight is 414 g/mol. The fourth-order valence-corrected chi connectivity index (χ4v) is 2.67. The maximum Gasteiger partial charge on any atom is 0.332 e. The second-order valence-corrected chi connectivity index (χ2v) is 6.44. The first-order valence-corrected chi connectivity index (χ1v) is 8.60. The summed E-state index contributed by atoms with van der Waals surface area (Å²) in [6.45, 7) is 0. The van der Waals surface area contributed by atoms with Crippen molar-refractivity contribution in [3.05, 3.63) is 69.7 Å². The molecule has 0 fully saturated rings. The van der Waals surface area contributed by atoms with E-state index in [0.717, 1.165) is 0 Å². The fraction of sp³-hybridized carbons (Fsp3) is 0.105. The molecule has 2 aromatic rings. The third kappa shape index (κ3) is 5.08. The normalized spacial score (nSPS) is 12.9. The number of benzene rings is 2. The van der Waals surface area contributed by atoms with Crippen LogP contribution in [0, 0.1) is 22.7 Å². The summed E-state index contributed by atoms with van der Waals surface area (Å²) in [5.41, 5.74) is 7.45. The van der Waals surface area contributed by atoms with Crippen LogP contribution in [0.1, 0.15) is 23.0 Å². The van der Waals surface area contributed by atoms with Gasteiger partial charge in [0.25, 0.3) is 0 Å². The van der Waals surface area contributed by atoms with Crippen molar-refractivity contribution in [2.75, 3.05) is 0 Å². The first kappa shape index (κ1) is 20.9. The van der Waals surface area contributed by atoms with Crippen LogP contribution >= 0.6 is 23.2 Å². The van der Waals surface area contributed by atoms with Crippen LogP contribution in [0.3, 0.4) is 0 Å². The molecule has 0 spiro atoms. The van der Waals surface area contributed by atoms with Gasteiger partial charge in [-0.15, -0.1) is 0 Å². The summed E-state index contributed by atoms with van der Waals surface area (Å²) in [4.78, 5) is 24.1. The number of hydrazone groups is 1. The van der Waals surface area contributed by atoms with E-state index >= 15 is 0 Å². The molecule has 3 N–H and O–H groups in total. The summed E-state index contributed by atoms with van der Waals surface area (Å²) in [5, 5.41) is 23.8. The smallest absolute Gasteiger partial charge is 0.332 e. The first-order valence-electron chi connectivity index (χ1n) is 7.84. The number of rotatable bonds is 6. The quantitative estimate of drug-likeness (QED) is 0.553. The van der Waals surface area contributed by atoms with Crippen LogP contribution in [0.4, 0.5) is 4.79 Å². The van der Waals surface area contributed by atoms with Crippen LogP contribution in [0.5, 0.6) is 0 Å². The van der Waals surface area contributed by atoms with E-state index in [1.807, 2.05) is 17.6 Å². The molecule has 2 rings (SSSR count). The lowest BCUT2D eigenvalue weighted by Gasteiger charge is -2.15. The molecule has 0 aromatic heterocycles. The van der Waals surface area contributed by atoms with Gasteiger partial charge in [-0.3, -0.25) is 4.79 Å². The molecule has 2 amide bonds. The first-order chi connectivity index (χ1) is 13.4. The average Bonchev–Trinajstić information content (AvgIpc) is 2.68. The minimum atomic E-state index is -1.26. The topological polar surface area (TPSA) is 132 Å². The monoisotopic (exact) mass is 413 g/mol. The lowest BCUT2D eigenvalue weighted by molar-refractivity contribution is -0.113. The molecule has 0 aliphatic rings. The highest BCUT2D eigenvalue weighted by molar-refractivity contribution is 6.45. The van der Waals surface area contributed by atoms with Crippen LogP contribution < -0.4 is 11.2 Å². The molecule has 0 saturated carbocycles. The third-order valence-electron chi connectivity index (χ3n) is 3.74. The number of carbonyl (C=O) groups is 2. The van der Waals surface area contributed by atoms with Gasteiger partial charge in [-0.25, -0.2) is 10.2 Å². The number of nitrogens with two attached hydrogens (primary N) is 1. The van der Waals surface area contributed by atoms with Crippen molar-refractivity contribution in [1.82, 2.24) is 5.43 Å². The van der Waals surface area contributed by atoms with Crippen LogP contribution in [-0.2, 0) is 4.79 Å². The predicted molar refractivity (Wildman–Crippen MR) is 105 cm³/mol. The number of carbonyl (C=O) groups excluding carboxylic acids is 2. The van der Waals surface area contributed by atoms with Crippen LogP contribution in [-0.4, -0.2) is 17.5 Å². The molecular formula is C19H13Cl2N5O2. The Morgan fingerprint density at radius 3 is 1.71 bits per heavy atom. The third-order valence-corrected chi connectivity index (χ3v) is 4.24. The Bertz CT molecular complexity index is 989. The number of ketones is 1. The minimum absolute atomic E-state index is 0.329. The van der Waals surface area contributed by atoms with Gasteiger partial charge < -0.3 is 5.73 Å². The van der Waals surface area contributed by atoms with E-state index in [4.69, 9.17) is 28.9 Å². The van der Waals surface area contributed by atoms with Gasteiger partial charge in [0.2, 0.25) is 5.78 Å². The van der Waals surface area contributed by atoms with Crippen molar-refractivity contribution in [1.29, 1.82) is 10.5 Å². The fourth-order valence-electron chi connectivity index (χ4n) is 2.41. The zero-order chi connectivity index (χ0) is 20.7. The summed E-state index contributed by atoms with van der Waals surface area (Å²) >= 11 is 11.7. The van der Waals surface area contributed by atoms with E-state index < -0.39 is 23.7 Å². The van der Waals surface area contributed by atoms with E-state index in [0.29, 0.717) is 21.2 Å². The Morgan fingerprint density at radius 2 is 1.32 bits per heavy atom. The standard InChI is InChI=1S/C19H13Cl2N5O2/c20-13-5-1-11(2-6-13)15(9-22)17(25-26-19(24)28)18(27)16(10-23)12-3-7-14(21)8-4-12/h1-8,15-16H,(H3,24,26,28)/b25-17-. The number of nitrogens with zero attached hydrogens (tertiary/aromatic N) is 3. The van der Waals surface area contributed by atoms with Gasteiger partial charge in [0.05, 0.1) is 12.1 Å². The number of hydrogen-bond donors (Lipinski definition) is 2. The molecule has 2 unspecified atom stereocenters. The number of amides is 2. The molecule has 0 radical (unpaired) electrons. The van der Waals surface area contributed by atoms with E-state index in [2.05, 4.69) is 5.10 Å². The number of nitrogens with one attached hydrogen (secondary N) is 1. The van der Waals surface area contributed by atoms with Crippen LogP contribution in [0.15, 0.2) is 53.6 Å². The second kappa shape index (κ2) is 9.52. The Hall–Kier alpha value is -3.39. The van der Waals surface area contributed by atoms with Crippen molar-refractivity contribution in [2.24, 2.45) is 10.8 Å². The van der Waals surface area contributed by atoms with E-state index in [1.54, 1.807) is 24.3 Å². The van der Waals surface area contributed by atoms with Crippen molar-refractivity contribution < 1.29 is 9.59 Å². The van der Waals surface area contributed by atoms with Crippen LogP contribution in [0.25, 0.3) is 0 Å². The van der Waals surface area contributed by atoms with E-state index in [9.17, 15) is 20.1 Å². The summed E-state index contributed by atoms with van der Waals surface area (Å²) in [5.74, 6) is -3.16. The number of halogens is 2. The van der Waals surface area contributed by atoms with E-state index in [1.165, 1.54) is 24.3 Å². The number of hydrogen-bond acceptors (Lipinski definition) is 5. The van der Waals surface area contributed by atoms with Crippen LogP contribution in [0.2, 0.25) is 10.0 Å². The van der Waals surface area contributed by atoms with Gasteiger partial charge in [-0.05, 0) is 35.4 Å². The van der Waals surface area contributed by atoms with Gasteiger partial charge in [0.15, 0.2) is 0 Å². The molecule has 2 aromatic carbocycles. The number of nitriles is 2. The molecule has 0 aliphatic carbocycles. The zero-order valence-corrected chi connectivity index (χ0v) is 15.8. The molecule has 0 aliphatic heterocycles. The highest BCUT2D eigenvalue weighted by atomic mass is 35.5. The lowest BCUT2D eigenvalue weighted by atomic mass is 9.86. The molecule has 28 heavy (non-hydrogen) atoms. The SMILES string of the molecule is N#CC(C(=O)/C(=N\NC(N)=O)C(C#N)c1ccc(Cl)cc1)c1ccc(Cl)cc1. The lowest BCUT2D eigenvalue weighted by Crippen LogP contribution is -2.32. The van der Waals surface area contributed by atoms with Crippen molar-refractivity contribution >= 4 is 40.7 Å². The summed E-state index contributed by atoms with van der Waals surface area (Å²) in [6, 6.07) is 15.2. The van der Waals surface area contributed by atoms with Gasteiger partial charge in [0.1, 0.15) is 17.5 Å². The Balaban J connectivity index is 2.50. The molecule has 140 valence electrons. The molecule has 0 saturated heterocycles. The van der Waals surface area contributed by atoms with Crippen molar-refractivity contribution in [2.45, 2.75) is 11.8 Å². The van der Waals surface area contributed by atoms with Crippen molar-refractivity contribution in [3.8, 4) is 12.1 Å². The highest BCUT2D eigenvalue weighted by Crippen LogP contribution is 2.25. The predicted octanol–water partition coefficient (Wildman–Crippen LogP) is 3.50. The molecule has 2 atom stereocenters. The largest absolute Gasteiger partial charge is 0.350 e. The molecule has 9 heteroatoms. The van der Waals surface area contributed by atoms with Gasteiger partial charge in [0, 0.05) is 10.0 Å². The maximum atomic E-state index is 13.1. The van der Waals surface area contributed by atoms with E-state index in [-0.39, 0.29) is 5.71 Å². The Morgan fingerprint density at radius 1 is 0.893 bits per heavy atom. The maximum absolute atomic E-state index is 13.1. The summed E-state index contributed by atoms with van der Waals surface area (Å²) < 4.78 is 0. The summed E-state index contributed by atoms with van der Waals surface area (Å²) in [6.07, 6.45) is 0. The molecular weight excluding hydrogens is 401 g/mol. The Kier molecular flexibility index (Phi) is 7.11. The van der Waals surface area contributed by atoms with Gasteiger partial charge in [-0.2, -0.15) is 15.6 Å². The number of Topliss-reactive ketones (excluding diaryl/α,β-unsaturated/α-hetero) is 1. The van der Waals surface area contributed by atoms with Gasteiger partial charge >= 0.3 is 6.03 Å². The highest BCUT2D eigenvalue weighted by Gasteiger charge is 2.32. The minimum Gasteiger partial charge on any atom is -0.350 e. The molecule has 0 bridgehead atoms. The summed E-state index contributed by atoms with van der Waals surface area (Å²) in [7, 11) is 0. The zero-order valence-electron chi connectivity index (χ0n) is 14.3. The number of primary amides is 1.